The summed E-state index contributed by atoms with van der Waals surface area (Å²) < 4.78 is 7.35. The lowest BCUT2D eigenvalue weighted by molar-refractivity contribution is 0.101. The highest BCUT2D eigenvalue weighted by Gasteiger charge is 2.11. The Morgan fingerprint density at radius 3 is 3.19 bits per heavy atom. The van der Waals surface area contributed by atoms with Crippen LogP contribution >= 0.6 is 0 Å². The number of hydrogen-bond acceptors (Lipinski definition) is 4. The number of piperidine rings is 1. The molecule has 1 aliphatic heterocycles. The van der Waals surface area contributed by atoms with E-state index in [0.717, 1.165) is 25.4 Å². The normalized spacial score (nSPS) is 21.2. The third kappa shape index (κ3) is 3.28. The van der Waals surface area contributed by atoms with Gasteiger partial charge in [0.05, 0.1) is 0 Å². The molecule has 1 unspecified atom stereocenters. The van der Waals surface area contributed by atoms with Gasteiger partial charge < -0.3 is 10.1 Å². The Labute approximate surface area is 96.2 Å². The fourth-order valence-corrected chi connectivity index (χ4v) is 2.01. The minimum atomic E-state index is 0.559. The van der Waals surface area contributed by atoms with E-state index in [1.54, 1.807) is 11.0 Å². The Morgan fingerprint density at radius 2 is 2.50 bits per heavy atom. The molecular formula is C11H20N4O. The van der Waals surface area contributed by atoms with Crippen molar-refractivity contribution in [2.45, 2.75) is 38.3 Å². The smallest absolute Gasteiger partial charge is 0.152 e. The van der Waals surface area contributed by atoms with Crippen molar-refractivity contribution in [3.63, 3.8) is 0 Å². The number of rotatable bonds is 5. The van der Waals surface area contributed by atoms with E-state index in [0.29, 0.717) is 12.6 Å². The maximum atomic E-state index is 5.60. The zero-order valence-corrected chi connectivity index (χ0v) is 9.85. The molecule has 0 radical (unpaired) electrons. The van der Waals surface area contributed by atoms with Gasteiger partial charge in [0, 0.05) is 19.7 Å². The molecule has 0 spiro atoms. The summed E-state index contributed by atoms with van der Waals surface area (Å²) in [4.78, 5) is 4.11. The maximum absolute atomic E-state index is 5.60. The molecule has 0 aromatic carbocycles. The molecule has 2 rings (SSSR count). The number of aromatic nitrogens is 3. The van der Waals surface area contributed by atoms with Crippen LogP contribution in [0.3, 0.4) is 0 Å². The third-order valence-corrected chi connectivity index (χ3v) is 3.06. The maximum Gasteiger partial charge on any atom is 0.152 e. The van der Waals surface area contributed by atoms with E-state index in [2.05, 4.69) is 15.4 Å². The van der Waals surface area contributed by atoms with E-state index in [1.165, 1.54) is 19.3 Å². The Morgan fingerprint density at radius 1 is 1.56 bits per heavy atom. The van der Waals surface area contributed by atoms with Crippen LogP contribution in [0.5, 0.6) is 0 Å². The summed E-state index contributed by atoms with van der Waals surface area (Å²) >= 11 is 0. The van der Waals surface area contributed by atoms with Crippen LogP contribution < -0.4 is 5.32 Å². The summed E-state index contributed by atoms with van der Waals surface area (Å²) in [7, 11) is 1.88. The van der Waals surface area contributed by atoms with Crippen LogP contribution in [0.4, 0.5) is 0 Å². The monoisotopic (exact) mass is 224 g/mol. The molecule has 16 heavy (non-hydrogen) atoms. The van der Waals surface area contributed by atoms with Gasteiger partial charge in [-0.15, -0.1) is 0 Å². The molecule has 1 aliphatic rings. The Balaban J connectivity index is 1.59. The van der Waals surface area contributed by atoms with Crippen molar-refractivity contribution in [3.8, 4) is 0 Å². The molecule has 0 aliphatic carbocycles. The van der Waals surface area contributed by atoms with Crippen molar-refractivity contribution >= 4 is 0 Å². The van der Waals surface area contributed by atoms with Crippen LogP contribution in [-0.2, 0) is 18.4 Å². The predicted molar refractivity (Wildman–Crippen MR) is 60.9 cm³/mol. The lowest BCUT2D eigenvalue weighted by Crippen LogP contribution is -2.34. The number of nitrogens with zero attached hydrogens (tertiary/aromatic N) is 3. The summed E-state index contributed by atoms with van der Waals surface area (Å²) in [6.07, 6.45) is 6.60. The standard InChI is InChI=1S/C11H20N4O/c1-15-11(13-9-14-15)8-16-7-5-10-4-2-3-6-12-10/h9-10,12H,2-8H2,1H3. The van der Waals surface area contributed by atoms with Gasteiger partial charge in [0.2, 0.25) is 0 Å². The fraction of sp³-hybridized carbons (Fsp3) is 0.818. The first kappa shape index (κ1) is 11.5. The number of aryl methyl sites for hydroxylation is 1. The summed E-state index contributed by atoms with van der Waals surface area (Å²) in [5, 5.41) is 7.51. The number of ether oxygens (including phenoxy) is 1. The first-order chi connectivity index (χ1) is 7.86. The highest BCUT2D eigenvalue weighted by molar-refractivity contribution is 4.79. The van der Waals surface area contributed by atoms with Gasteiger partial charge in [0.15, 0.2) is 5.82 Å². The summed E-state index contributed by atoms with van der Waals surface area (Å²) in [6.45, 7) is 2.52. The first-order valence-corrected chi connectivity index (χ1v) is 6.00. The molecule has 0 amide bonds. The lowest BCUT2D eigenvalue weighted by atomic mass is 10.0. The Bertz CT molecular complexity index is 307. The van der Waals surface area contributed by atoms with E-state index in [4.69, 9.17) is 4.74 Å². The summed E-state index contributed by atoms with van der Waals surface area (Å²) in [5.41, 5.74) is 0. The van der Waals surface area contributed by atoms with Gasteiger partial charge >= 0.3 is 0 Å². The van der Waals surface area contributed by atoms with Crippen molar-refractivity contribution in [3.05, 3.63) is 12.2 Å². The van der Waals surface area contributed by atoms with Crippen molar-refractivity contribution in [1.29, 1.82) is 0 Å². The summed E-state index contributed by atoms with van der Waals surface area (Å²) in [5.74, 6) is 0.886. The highest BCUT2D eigenvalue weighted by atomic mass is 16.5. The molecule has 1 aromatic heterocycles. The minimum Gasteiger partial charge on any atom is -0.373 e. The van der Waals surface area contributed by atoms with E-state index in [1.807, 2.05) is 7.05 Å². The minimum absolute atomic E-state index is 0.559. The topological polar surface area (TPSA) is 52.0 Å². The van der Waals surface area contributed by atoms with Crippen molar-refractivity contribution in [2.75, 3.05) is 13.2 Å². The van der Waals surface area contributed by atoms with Crippen molar-refractivity contribution in [1.82, 2.24) is 20.1 Å². The largest absolute Gasteiger partial charge is 0.373 e. The molecular weight excluding hydrogens is 204 g/mol. The molecule has 1 atom stereocenters. The van der Waals surface area contributed by atoms with E-state index < -0.39 is 0 Å². The average Bonchev–Trinajstić information content (AvgIpc) is 2.72. The van der Waals surface area contributed by atoms with Gasteiger partial charge in [-0.1, -0.05) is 6.42 Å². The average molecular weight is 224 g/mol. The second-order valence-corrected chi connectivity index (χ2v) is 4.29. The number of nitrogens with one attached hydrogen (secondary N) is 1. The van der Waals surface area contributed by atoms with E-state index >= 15 is 0 Å². The van der Waals surface area contributed by atoms with Gasteiger partial charge in [-0.05, 0) is 25.8 Å². The van der Waals surface area contributed by atoms with Crippen LogP contribution in [0, 0.1) is 0 Å². The molecule has 1 aromatic rings. The molecule has 5 heteroatoms. The second kappa shape index (κ2) is 5.96. The Kier molecular flexibility index (Phi) is 4.30. The summed E-state index contributed by atoms with van der Waals surface area (Å²) in [6, 6.07) is 0.647. The van der Waals surface area contributed by atoms with Gasteiger partial charge in [-0.3, -0.25) is 4.68 Å². The van der Waals surface area contributed by atoms with Gasteiger partial charge in [0.25, 0.3) is 0 Å². The third-order valence-electron chi connectivity index (χ3n) is 3.06. The lowest BCUT2D eigenvalue weighted by Gasteiger charge is -2.23. The SMILES string of the molecule is Cn1ncnc1COCCC1CCCCN1. The van der Waals surface area contributed by atoms with Crippen LogP contribution in [0.25, 0.3) is 0 Å². The Hall–Kier alpha value is -0.940. The molecule has 1 fully saturated rings. The van der Waals surface area contributed by atoms with Crippen LogP contribution in [-0.4, -0.2) is 34.0 Å². The van der Waals surface area contributed by atoms with Gasteiger partial charge in [-0.25, -0.2) is 4.98 Å². The number of hydrogen-bond donors (Lipinski definition) is 1. The predicted octanol–water partition coefficient (Wildman–Crippen LogP) is 0.864. The van der Waals surface area contributed by atoms with E-state index in [9.17, 15) is 0 Å². The first-order valence-electron chi connectivity index (χ1n) is 6.00. The highest BCUT2D eigenvalue weighted by Crippen LogP contribution is 2.10. The van der Waals surface area contributed by atoms with Gasteiger partial charge in [0.1, 0.15) is 12.9 Å². The van der Waals surface area contributed by atoms with Crippen LogP contribution in [0.15, 0.2) is 6.33 Å². The van der Waals surface area contributed by atoms with Gasteiger partial charge in [-0.2, -0.15) is 5.10 Å². The quantitative estimate of drug-likeness (QED) is 0.754. The van der Waals surface area contributed by atoms with Crippen LogP contribution in [0.1, 0.15) is 31.5 Å². The molecule has 0 bridgehead atoms. The molecule has 0 saturated carbocycles. The molecule has 2 heterocycles. The molecule has 90 valence electrons. The van der Waals surface area contributed by atoms with Crippen molar-refractivity contribution < 1.29 is 4.74 Å². The zero-order valence-electron chi connectivity index (χ0n) is 9.85. The van der Waals surface area contributed by atoms with Crippen molar-refractivity contribution in [2.24, 2.45) is 7.05 Å². The second-order valence-electron chi connectivity index (χ2n) is 4.29. The van der Waals surface area contributed by atoms with E-state index in [-0.39, 0.29) is 0 Å². The molecule has 1 saturated heterocycles. The molecule has 5 nitrogen and oxygen atoms in total. The fourth-order valence-electron chi connectivity index (χ4n) is 2.01. The zero-order chi connectivity index (χ0) is 11.2. The molecule has 1 N–H and O–H groups in total. The van der Waals surface area contributed by atoms with Crippen LogP contribution in [0.2, 0.25) is 0 Å².